The average molecular weight is 511 g/mol. The lowest BCUT2D eigenvalue weighted by atomic mass is 9.97. The second kappa shape index (κ2) is 11.7. The molecule has 0 aliphatic carbocycles. The molecule has 0 N–H and O–H groups in total. The van der Waals surface area contributed by atoms with Gasteiger partial charge in [0.25, 0.3) is 0 Å². The highest BCUT2D eigenvalue weighted by molar-refractivity contribution is 6.30. The fraction of sp³-hybridized carbons (Fsp3) is 0.226. The monoisotopic (exact) mass is 510 g/mol. The van der Waals surface area contributed by atoms with Crippen molar-refractivity contribution in [1.29, 1.82) is 0 Å². The van der Waals surface area contributed by atoms with Gasteiger partial charge in [0.05, 0.1) is 0 Å². The second-order valence-corrected chi connectivity index (χ2v) is 9.38. The number of allylic oxidation sites excluding steroid dienone is 2. The Kier molecular flexibility index (Phi) is 8.48. The van der Waals surface area contributed by atoms with E-state index in [2.05, 4.69) is 6.08 Å². The molecule has 0 radical (unpaired) electrons. The number of aryl methyl sites for hydroxylation is 5. The molecule has 5 heteroatoms. The van der Waals surface area contributed by atoms with Gasteiger partial charge in [-0.05, 0) is 96.9 Å². The van der Waals surface area contributed by atoms with Gasteiger partial charge in [-0.15, -0.1) is 0 Å². The molecule has 0 aliphatic heterocycles. The van der Waals surface area contributed by atoms with Gasteiger partial charge in [0, 0.05) is 5.39 Å². The van der Waals surface area contributed by atoms with E-state index < -0.39 is 16.7 Å². The summed E-state index contributed by atoms with van der Waals surface area (Å²) in [7, 11) is 0. The van der Waals surface area contributed by atoms with Crippen molar-refractivity contribution in [1.82, 2.24) is 0 Å². The fourth-order valence-electron chi connectivity index (χ4n) is 4.41. The minimum Gasteiger partial charge on any atom is -0.207 e. The van der Waals surface area contributed by atoms with Crippen LogP contribution < -0.4 is 0 Å². The third-order valence-corrected chi connectivity index (χ3v) is 6.82. The first-order valence-electron chi connectivity index (χ1n) is 12.1. The Labute approximate surface area is 214 Å². The van der Waals surface area contributed by atoms with Crippen LogP contribution in [-0.2, 0) is 32.1 Å². The maximum absolute atomic E-state index is 15.2. The molecule has 0 aromatic heterocycles. The van der Waals surface area contributed by atoms with Crippen molar-refractivity contribution in [3.63, 3.8) is 0 Å². The zero-order valence-electron chi connectivity index (χ0n) is 20.1. The Morgan fingerprint density at radius 1 is 0.639 bits per heavy atom. The molecular weight excluding hydrogens is 484 g/mol. The zero-order valence-corrected chi connectivity index (χ0v) is 20.8. The summed E-state index contributed by atoms with van der Waals surface area (Å²) in [5.41, 5.74) is 3.54. The van der Waals surface area contributed by atoms with E-state index in [9.17, 15) is 13.2 Å². The van der Waals surface area contributed by atoms with Crippen LogP contribution in [0.25, 0.3) is 10.8 Å². The van der Waals surface area contributed by atoms with E-state index in [1.54, 1.807) is 18.2 Å². The van der Waals surface area contributed by atoms with Crippen molar-refractivity contribution in [3.05, 3.63) is 129 Å². The summed E-state index contributed by atoms with van der Waals surface area (Å²) in [6.45, 7) is 1.97. The summed E-state index contributed by atoms with van der Waals surface area (Å²) < 4.78 is 57.1. The van der Waals surface area contributed by atoms with Crippen LogP contribution >= 0.6 is 11.6 Å². The van der Waals surface area contributed by atoms with Crippen LogP contribution in [0.4, 0.5) is 17.6 Å². The van der Waals surface area contributed by atoms with Gasteiger partial charge in [-0.1, -0.05) is 66.2 Å². The van der Waals surface area contributed by atoms with Gasteiger partial charge in [-0.25, -0.2) is 17.6 Å². The van der Waals surface area contributed by atoms with Crippen LogP contribution in [0.15, 0.2) is 72.8 Å². The van der Waals surface area contributed by atoms with E-state index in [-0.39, 0.29) is 18.1 Å². The molecule has 0 nitrogen and oxygen atoms in total. The minimum atomic E-state index is -0.821. The number of benzene rings is 4. The summed E-state index contributed by atoms with van der Waals surface area (Å²) in [6, 6.07) is 16.9. The Hall–Kier alpha value is -3.11. The van der Waals surface area contributed by atoms with Crippen LogP contribution in [0.1, 0.15) is 41.2 Å². The van der Waals surface area contributed by atoms with Gasteiger partial charge < -0.3 is 0 Å². The van der Waals surface area contributed by atoms with Crippen LogP contribution in [0.2, 0.25) is 5.02 Å². The lowest BCUT2D eigenvalue weighted by molar-refractivity contribution is 0.579. The Balaban J connectivity index is 1.43. The molecule has 4 rings (SSSR count). The molecule has 0 fully saturated rings. The highest BCUT2D eigenvalue weighted by Crippen LogP contribution is 2.26. The molecular formula is C31H27ClF4. The van der Waals surface area contributed by atoms with Crippen LogP contribution in [0, 0.1) is 23.3 Å². The second-order valence-electron chi connectivity index (χ2n) is 9.00. The zero-order chi connectivity index (χ0) is 25.7. The van der Waals surface area contributed by atoms with Gasteiger partial charge in [-0.3, -0.25) is 0 Å². The first-order valence-corrected chi connectivity index (χ1v) is 12.5. The number of hydrogen-bond acceptors (Lipinski definition) is 0. The largest absolute Gasteiger partial charge is 0.207 e. The molecule has 0 aliphatic rings. The third-order valence-electron chi connectivity index (χ3n) is 6.46. The SMILES string of the molecule is C/C=C/CCc1ccc(CCc2ccc3c(F)c(CCc4cc(F)c(Cl)c(F)c4)ccc3c2)c(F)c1. The highest BCUT2D eigenvalue weighted by atomic mass is 35.5. The molecule has 0 saturated heterocycles. The summed E-state index contributed by atoms with van der Waals surface area (Å²) in [5, 5.41) is 0.713. The summed E-state index contributed by atoms with van der Waals surface area (Å²) in [6.07, 6.45) is 7.55. The molecule has 4 aromatic carbocycles. The van der Waals surface area contributed by atoms with E-state index in [0.717, 1.165) is 29.4 Å². The Morgan fingerprint density at radius 2 is 1.25 bits per heavy atom. The van der Waals surface area contributed by atoms with E-state index in [1.165, 1.54) is 12.1 Å². The summed E-state index contributed by atoms with van der Waals surface area (Å²) >= 11 is 5.53. The van der Waals surface area contributed by atoms with Gasteiger partial charge in [0.1, 0.15) is 28.3 Å². The molecule has 0 bridgehead atoms. The lowest BCUT2D eigenvalue weighted by Gasteiger charge is -2.10. The molecule has 0 heterocycles. The maximum Gasteiger partial charge on any atom is 0.145 e. The number of rotatable bonds is 9. The van der Waals surface area contributed by atoms with Crippen molar-refractivity contribution < 1.29 is 17.6 Å². The molecule has 4 aromatic rings. The third kappa shape index (κ3) is 6.17. The topological polar surface area (TPSA) is 0 Å². The van der Waals surface area contributed by atoms with Crippen molar-refractivity contribution >= 4 is 22.4 Å². The first-order chi connectivity index (χ1) is 17.4. The van der Waals surface area contributed by atoms with Gasteiger partial charge in [0.15, 0.2) is 0 Å². The normalized spacial score (nSPS) is 11.6. The van der Waals surface area contributed by atoms with E-state index in [0.29, 0.717) is 41.3 Å². The molecule has 0 saturated carbocycles. The summed E-state index contributed by atoms with van der Waals surface area (Å²) in [5.74, 6) is -2.17. The van der Waals surface area contributed by atoms with Crippen molar-refractivity contribution in [2.75, 3.05) is 0 Å². The van der Waals surface area contributed by atoms with Crippen molar-refractivity contribution in [2.24, 2.45) is 0 Å². The van der Waals surface area contributed by atoms with Gasteiger partial charge >= 0.3 is 0 Å². The first kappa shape index (κ1) is 26.0. The number of fused-ring (bicyclic) bond motifs is 1. The number of hydrogen-bond donors (Lipinski definition) is 0. The standard InChI is InChI=1S/C31H27ClF4/c1-2-3-4-5-20-6-10-23(27(33)17-20)11-7-21-9-15-26-25(16-21)14-13-24(31(26)36)12-8-22-18-28(34)30(32)29(35)19-22/h2-3,6,9-10,13-19H,4-5,7-8,11-12H2,1H3/b3-2+. The Morgan fingerprint density at radius 3 is 1.97 bits per heavy atom. The highest BCUT2D eigenvalue weighted by Gasteiger charge is 2.12. The van der Waals surface area contributed by atoms with Crippen molar-refractivity contribution in [3.8, 4) is 0 Å². The van der Waals surface area contributed by atoms with E-state index >= 15 is 4.39 Å². The number of halogens is 5. The predicted molar refractivity (Wildman–Crippen MR) is 140 cm³/mol. The van der Waals surface area contributed by atoms with Crippen LogP contribution in [0.3, 0.4) is 0 Å². The Bertz CT molecular complexity index is 1380. The predicted octanol–water partition coefficient (Wildman–Crippen LogP) is 9.13. The average Bonchev–Trinajstić information content (AvgIpc) is 2.86. The van der Waals surface area contributed by atoms with Crippen molar-refractivity contribution in [2.45, 2.75) is 45.4 Å². The minimum absolute atomic E-state index is 0.190. The van der Waals surface area contributed by atoms with Crippen LogP contribution in [-0.4, -0.2) is 0 Å². The van der Waals surface area contributed by atoms with Gasteiger partial charge in [-0.2, -0.15) is 0 Å². The quantitative estimate of drug-likeness (QED) is 0.120. The smallest absolute Gasteiger partial charge is 0.145 e. The summed E-state index contributed by atoms with van der Waals surface area (Å²) in [4.78, 5) is 0. The van der Waals surface area contributed by atoms with Crippen LogP contribution in [0.5, 0.6) is 0 Å². The van der Waals surface area contributed by atoms with E-state index in [1.807, 2.05) is 43.3 Å². The fourth-order valence-corrected chi connectivity index (χ4v) is 4.52. The lowest BCUT2D eigenvalue weighted by Crippen LogP contribution is -1.99. The van der Waals surface area contributed by atoms with Gasteiger partial charge in [0.2, 0.25) is 0 Å². The molecule has 0 amide bonds. The molecule has 0 spiro atoms. The molecule has 186 valence electrons. The molecule has 36 heavy (non-hydrogen) atoms. The maximum atomic E-state index is 15.2. The van der Waals surface area contributed by atoms with E-state index in [4.69, 9.17) is 11.6 Å². The molecule has 0 unspecified atom stereocenters. The molecule has 0 atom stereocenters.